The summed E-state index contributed by atoms with van der Waals surface area (Å²) in [6, 6.07) is 6.88. The lowest BCUT2D eigenvalue weighted by Crippen LogP contribution is -2.48. The Hall–Kier alpha value is -1.66. The molecule has 0 bridgehead atoms. The minimum atomic E-state index is -0.372. The fourth-order valence-corrected chi connectivity index (χ4v) is 2.58. The van der Waals surface area contributed by atoms with Crippen LogP contribution in [-0.4, -0.2) is 37.3 Å². The molecule has 0 saturated carbocycles. The number of nitrogens with two attached hydrogens (primary N) is 1. The highest BCUT2D eigenvalue weighted by Gasteiger charge is 2.28. The third-order valence-electron chi connectivity index (χ3n) is 3.65. The molecule has 19 heavy (non-hydrogen) atoms. The number of anilines is 1. The van der Waals surface area contributed by atoms with Gasteiger partial charge in [0.05, 0.1) is 11.0 Å². The number of benzene rings is 1. The van der Waals surface area contributed by atoms with Gasteiger partial charge in [0.25, 0.3) is 5.69 Å². The van der Waals surface area contributed by atoms with Gasteiger partial charge in [0, 0.05) is 44.1 Å². The second kappa shape index (κ2) is 5.99. The van der Waals surface area contributed by atoms with Crippen molar-refractivity contribution in [3.8, 4) is 0 Å². The van der Waals surface area contributed by atoms with Gasteiger partial charge in [0.15, 0.2) is 0 Å². The number of hydrogen-bond acceptors (Lipinski definition) is 5. The number of nitrogens with zero attached hydrogens (tertiary/aromatic N) is 2. The first kappa shape index (κ1) is 13.8. The zero-order valence-electron chi connectivity index (χ0n) is 11.0. The Balaban J connectivity index is 2.20. The third-order valence-corrected chi connectivity index (χ3v) is 3.65. The molecule has 1 fully saturated rings. The quantitative estimate of drug-likeness (QED) is 0.659. The summed E-state index contributed by atoms with van der Waals surface area (Å²) in [6.45, 7) is 1.32. The molecule has 1 aliphatic rings. The molecule has 2 N–H and O–H groups in total. The molecule has 0 spiro atoms. The minimum Gasteiger partial charge on any atom is -0.381 e. The van der Waals surface area contributed by atoms with Crippen molar-refractivity contribution < 1.29 is 9.66 Å². The molecular formula is C13H19N3O3. The predicted molar refractivity (Wildman–Crippen MR) is 73.3 cm³/mol. The number of nitro groups is 1. The van der Waals surface area contributed by atoms with Crippen LogP contribution in [0.15, 0.2) is 24.3 Å². The molecule has 2 unspecified atom stereocenters. The maximum absolute atomic E-state index is 10.8. The van der Waals surface area contributed by atoms with E-state index >= 15 is 0 Å². The maximum atomic E-state index is 10.8. The number of ether oxygens (including phenoxy) is 1. The first-order chi connectivity index (χ1) is 9.15. The van der Waals surface area contributed by atoms with E-state index in [1.54, 1.807) is 19.2 Å². The van der Waals surface area contributed by atoms with E-state index in [2.05, 4.69) is 4.90 Å². The fraction of sp³-hybridized carbons (Fsp3) is 0.538. The molecule has 1 aromatic carbocycles. The van der Waals surface area contributed by atoms with Gasteiger partial charge in [0.1, 0.15) is 0 Å². The molecule has 1 aromatic rings. The van der Waals surface area contributed by atoms with Gasteiger partial charge in [-0.2, -0.15) is 0 Å². The number of hydrogen-bond donors (Lipinski definition) is 1. The van der Waals surface area contributed by atoms with Crippen molar-refractivity contribution >= 4 is 11.4 Å². The van der Waals surface area contributed by atoms with Gasteiger partial charge in [-0.3, -0.25) is 10.1 Å². The summed E-state index contributed by atoms with van der Waals surface area (Å²) in [5.74, 6) is 0. The second-order valence-corrected chi connectivity index (χ2v) is 4.74. The molecule has 0 aromatic heterocycles. The SMILES string of the molecule is COC1CCN(c2cccc([N+](=O)[O-])c2)C(CN)C1. The van der Waals surface area contributed by atoms with E-state index in [0.717, 1.165) is 25.1 Å². The highest BCUT2D eigenvalue weighted by atomic mass is 16.6. The average Bonchev–Trinajstić information content (AvgIpc) is 2.46. The Labute approximate surface area is 112 Å². The number of methoxy groups -OCH3 is 1. The van der Waals surface area contributed by atoms with Gasteiger partial charge in [-0.1, -0.05) is 6.07 Å². The standard InChI is InChI=1S/C13H19N3O3/c1-19-13-5-6-15(12(8-13)9-14)10-3-2-4-11(7-10)16(17)18/h2-4,7,12-13H,5-6,8-9,14H2,1H3. The molecule has 2 rings (SSSR count). The van der Waals surface area contributed by atoms with Crippen molar-refractivity contribution in [1.29, 1.82) is 0 Å². The molecule has 0 radical (unpaired) electrons. The Morgan fingerprint density at radius 1 is 1.58 bits per heavy atom. The van der Waals surface area contributed by atoms with E-state index in [9.17, 15) is 10.1 Å². The Kier molecular flexibility index (Phi) is 4.34. The largest absolute Gasteiger partial charge is 0.381 e. The summed E-state index contributed by atoms with van der Waals surface area (Å²) in [6.07, 6.45) is 1.99. The first-order valence-corrected chi connectivity index (χ1v) is 6.39. The lowest BCUT2D eigenvalue weighted by atomic mass is 9.98. The molecule has 1 aliphatic heterocycles. The normalized spacial score (nSPS) is 23.4. The van der Waals surface area contributed by atoms with E-state index in [1.165, 1.54) is 6.07 Å². The van der Waals surface area contributed by atoms with Crippen LogP contribution >= 0.6 is 0 Å². The molecule has 1 saturated heterocycles. The van der Waals surface area contributed by atoms with Crippen LogP contribution in [-0.2, 0) is 4.74 Å². The first-order valence-electron chi connectivity index (χ1n) is 6.39. The molecule has 6 nitrogen and oxygen atoms in total. The molecular weight excluding hydrogens is 246 g/mol. The maximum Gasteiger partial charge on any atom is 0.271 e. The summed E-state index contributed by atoms with van der Waals surface area (Å²) in [7, 11) is 1.71. The van der Waals surface area contributed by atoms with Crippen molar-refractivity contribution in [2.24, 2.45) is 5.73 Å². The van der Waals surface area contributed by atoms with Crippen LogP contribution in [0.5, 0.6) is 0 Å². The van der Waals surface area contributed by atoms with Crippen molar-refractivity contribution in [3.63, 3.8) is 0 Å². The van der Waals surface area contributed by atoms with E-state index in [4.69, 9.17) is 10.5 Å². The predicted octanol–water partition coefficient (Wildman–Crippen LogP) is 1.54. The van der Waals surface area contributed by atoms with Crippen molar-refractivity contribution in [1.82, 2.24) is 0 Å². The zero-order valence-corrected chi connectivity index (χ0v) is 11.0. The van der Waals surface area contributed by atoms with Gasteiger partial charge in [-0.25, -0.2) is 0 Å². The highest BCUT2D eigenvalue weighted by Crippen LogP contribution is 2.28. The summed E-state index contributed by atoms with van der Waals surface area (Å²) in [5, 5.41) is 10.8. The highest BCUT2D eigenvalue weighted by molar-refractivity contribution is 5.54. The third kappa shape index (κ3) is 3.02. The molecule has 2 atom stereocenters. The molecule has 104 valence electrons. The fourth-order valence-electron chi connectivity index (χ4n) is 2.58. The Bertz CT molecular complexity index is 453. The zero-order chi connectivity index (χ0) is 13.8. The van der Waals surface area contributed by atoms with E-state index in [1.807, 2.05) is 6.07 Å². The van der Waals surface area contributed by atoms with Crippen molar-refractivity contribution in [2.75, 3.05) is 25.1 Å². The molecule has 0 aliphatic carbocycles. The minimum absolute atomic E-state index is 0.113. The Morgan fingerprint density at radius 2 is 2.37 bits per heavy atom. The Morgan fingerprint density at radius 3 is 3.00 bits per heavy atom. The monoisotopic (exact) mass is 265 g/mol. The average molecular weight is 265 g/mol. The van der Waals surface area contributed by atoms with Crippen molar-refractivity contribution in [2.45, 2.75) is 25.0 Å². The number of rotatable bonds is 4. The van der Waals surface area contributed by atoms with Crippen LogP contribution in [0.3, 0.4) is 0 Å². The smallest absolute Gasteiger partial charge is 0.271 e. The van der Waals surface area contributed by atoms with Crippen LogP contribution < -0.4 is 10.6 Å². The van der Waals surface area contributed by atoms with Gasteiger partial charge in [-0.15, -0.1) is 0 Å². The second-order valence-electron chi connectivity index (χ2n) is 4.74. The van der Waals surface area contributed by atoms with Crippen LogP contribution in [0, 0.1) is 10.1 Å². The van der Waals surface area contributed by atoms with Gasteiger partial charge in [-0.05, 0) is 18.9 Å². The van der Waals surface area contributed by atoms with Crippen LogP contribution in [0.2, 0.25) is 0 Å². The summed E-state index contributed by atoms with van der Waals surface area (Å²) in [5.41, 5.74) is 6.79. The van der Waals surface area contributed by atoms with Crippen molar-refractivity contribution in [3.05, 3.63) is 34.4 Å². The summed E-state index contributed by atoms with van der Waals surface area (Å²) in [4.78, 5) is 12.6. The van der Waals surface area contributed by atoms with Gasteiger partial charge in [0.2, 0.25) is 0 Å². The summed E-state index contributed by atoms with van der Waals surface area (Å²) >= 11 is 0. The molecule has 1 heterocycles. The van der Waals surface area contributed by atoms with Crippen LogP contribution in [0.1, 0.15) is 12.8 Å². The number of non-ortho nitro benzene ring substituents is 1. The number of piperidine rings is 1. The molecule has 6 heteroatoms. The van der Waals surface area contributed by atoms with E-state index in [-0.39, 0.29) is 22.8 Å². The lowest BCUT2D eigenvalue weighted by molar-refractivity contribution is -0.384. The van der Waals surface area contributed by atoms with E-state index in [0.29, 0.717) is 6.54 Å². The van der Waals surface area contributed by atoms with E-state index < -0.39 is 0 Å². The van der Waals surface area contributed by atoms with Crippen LogP contribution in [0.4, 0.5) is 11.4 Å². The lowest BCUT2D eigenvalue weighted by Gasteiger charge is -2.40. The van der Waals surface area contributed by atoms with Gasteiger partial charge < -0.3 is 15.4 Å². The number of nitro benzene ring substituents is 1. The van der Waals surface area contributed by atoms with Crippen LogP contribution in [0.25, 0.3) is 0 Å². The molecule has 0 amide bonds. The topological polar surface area (TPSA) is 81.6 Å². The van der Waals surface area contributed by atoms with Gasteiger partial charge >= 0.3 is 0 Å². The summed E-state index contributed by atoms with van der Waals surface area (Å²) < 4.78 is 5.38.